The molecule has 3 aromatic carbocycles. The minimum atomic E-state index is -0.494. The Kier molecular flexibility index (Phi) is 6.35. The predicted octanol–water partition coefficient (Wildman–Crippen LogP) is 5.41. The number of hydrogen-bond donors (Lipinski definition) is 1. The van der Waals surface area contributed by atoms with Gasteiger partial charge in [-0.2, -0.15) is 0 Å². The van der Waals surface area contributed by atoms with Crippen LogP contribution in [0.1, 0.15) is 17.6 Å². The van der Waals surface area contributed by atoms with Crippen LogP contribution in [-0.4, -0.2) is 28.5 Å². The smallest absolute Gasteiger partial charge is 0.277 e. The number of carbonyl (C=O) groups is 1. The van der Waals surface area contributed by atoms with E-state index in [9.17, 15) is 4.79 Å². The Bertz CT molecular complexity index is 1270. The van der Waals surface area contributed by atoms with Crippen LogP contribution in [0.25, 0.3) is 0 Å². The molecule has 1 aromatic heterocycles. The summed E-state index contributed by atoms with van der Waals surface area (Å²) >= 11 is 1.15. The molecule has 0 radical (unpaired) electrons. The lowest BCUT2D eigenvalue weighted by molar-refractivity contribution is -0.113. The summed E-state index contributed by atoms with van der Waals surface area (Å²) in [5.41, 5.74) is 1.83. The van der Waals surface area contributed by atoms with Crippen LogP contribution in [0.3, 0.4) is 0 Å². The van der Waals surface area contributed by atoms with Gasteiger partial charge in [0, 0.05) is 5.69 Å². The topological polar surface area (TPSA) is 95.7 Å². The molecular formula is C25H21N3O5S. The second-order valence-electron chi connectivity index (χ2n) is 7.55. The van der Waals surface area contributed by atoms with Crippen molar-refractivity contribution in [1.82, 2.24) is 10.2 Å². The number of aryl methyl sites for hydroxylation is 1. The van der Waals surface area contributed by atoms with E-state index in [0.29, 0.717) is 28.8 Å². The fourth-order valence-electron chi connectivity index (χ4n) is 3.22. The van der Waals surface area contributed by atoms with E-state index in [1.807, 2.05) is 55.5 Å². The number of benzene rings is 3. The number of hydrogen-bond acceptors (Lipinski definition) is 8. The fourth-order valence-corrected chi connectivity index (χ4v) is 3.79. The number of carbonyl (C=O) groups excluding carboxylic acids is 1. The zero-order valence-electron chi connectivity index (χ0n) is 18.3. The van der Waals surface area contributed by atoms with Crippen LogP contribution in [0.2, 0.25) is 0 Å². The highest BCUT2D eigenvalue weighted by Gasteiger charge is 2.27. The largest absolute Gasteiger partial charge is 0.485 e. The third-order valence-corrected chi connectivity index (χ3v) is 5.75. The predicted molar refractivity (Wildman–Crippen MR) is 127 cm³/mol. The summed E-state index contributed by atoms with van der Waals surface area (Å²) in [6, 6.07) is 22.4. The minimum absolute atomic E-state index is 0.119. The summed E-state index contributed by atoms with van der Waals surface area (Å²) in [5.74, 6) is 2.98. The molecule has 0 unspecified atom stereocenters. The first kappa shape index (κ1) is 21.8. The molecule has 1 N–H and O–H groups in total. The second kappa shape index (κ2) is 9.88. The number of rotatable bonds is 7. The summed E-state index contributed by atoms with van der Waals surface area (Å²) in [4.78, 5) is 12.3. The lowest BCUT2D eigenvalue weighted by Gasteiger charge is -2.23. The van der Waals surface area contributed by atoms with E-state index < -0.39 is 6.10 Å². The number of amides is 1. The highest BCUT2D eigenvalue weighted by Crippen LogP contribution is 2.36. The van der Waals surface area contributed by atoms with Crippen molar-refractivity contribution in [3.8, 4) is 23.0 Å². The Morgan fingerprint density at radius 3 is 2.47 bits per heavy atom. The van der Waals surface area contributed by atoms with Crippen molar-refractivity contribution < 1.29 is 23.4 Å². The molecule has 9 heteroatoms. The summed E-state index contributed by atoms with van der Waals surface area (Å²) in [7, 11) is 0. The maximum atomic E-state index is 12.3. The number of ether oxygens (including phenoxy) is 3. The molecule has 4 aromatic rings. The van der Waals surface area contributed by atoms with Crippen molar-refractivity contribution in [1.29, 1.82) is 0 Å². The quantitative estimate of drug-likeness (QED) is 0.354. The molecule has 0 saturated carbocycles. The Balaban J connectivity index is 1.11. The average Bonchev–Trinajstić information content (AvgIpc) is 3.34. The molecule has 1 atom stereocenters. The molecule has 1 amide bonds. The molecule has 5 rings (SSSR count). The van der Waals surface area contributed by atoms with Gasteiger partial charge in [0.2, 0.25) is 12.0 Å². The van der Waals surface area contributed by atoms with Crippen molar-refractivity contribution >= 4 is 23.4 Å². The molecule has 0 spiro atoms. The highest BCUT2D eigenvalue weighted by molar-refractivity contribution is 7.99. The van der Waals surface area contributed by atoms with Crippen LogP contribution < -0.4 is 19.5 Å². The number of para-hydroxylation sites is 2. The summed E-state index contributed by atoms with van der Waals surface area (Å²) in [6.45, 7) is 2.30. The molecular weight excluding hydrogens is 454 g/mol. The van der Waals surface area contributed by atoms with Gasteiger partial charge in [-0.3, -0.25) is 4.79 Å². The molecule has 1 aliphatic heterocycles. The lowest BCUT2D eigenvalue weighted by Crippen LogP contribution is -2.21. The van der Waals surface area contributed by atoms with Crippen LogP contribution in [0.4, 0.5) is 5.69 Å². The van der Waals surface area contributed by atoms with E-state index in [4.69, 9.17) is 18.6 Å². The van der Waals surface area contributed by atoms with Crippen molar-refractivity contribution in [2.75, 3.05) is 17.7 Å². The SMILES string of the molecule is Cc1ccc(Oc2ccc(NC(=O)CSc3nnc([C@H]4COc5ccccc5O4)o3)cc2)cc1. The van der Waals surface area contributed by atoms with Gasteiger partial charge in [0.05, 0.1) is 5.75 Å². The normalized spacial score (nSPS) is 14.4. The first-order valence-corrected chi connectivity index (χ1v) is 11.6. The van der Waals surface area contributed by atoms with E-state index in [-0.39, 0.29) is 23.5 Å². The molecule has 2 heterocycles. The van der Waals surface area contributed by atoms with Gasteiger partial charge in [0.25, 0.3) is 11.1 Å². The molecule has 0 bridgehead atoms. The summed E-state index contributed by atoms with van der Waals surface area (Å²) in [5, 5.41) is 11.2. The first-order valence-electron chi connectivity index (χ1n) is 10.6. The zero-order chi connectivity index (χ0) is 23.3. The van der Waals surface area contributed by atoms with Crippen LogP contribution >= 0.6 is 11.8 Å². The van der Waals surface area contributed by atoms with Crippen molar-refractivity contribution in [2.45, 2.75) is 18.3 Å². The lowest BCUT2D eigenvalue weighted by atomic mass is 10.2. The van der Waals surface area contributed by atoms with Gasteiger partial charge in [0.1, 0.15) is 18.1 Å². The molecule has 1 aliphatic rings. The summed E-state index contributed by atoms with van der Waals surface area (Å²) in [6.07, 6.45) is -0.494. The van der Waals surface area contributed by atoms with E-state index in [1.165, 1.54) is 5.56 Å². The van der Waals surface area contributed by atoms with Crippen LogP contribution in [0.5, 0.6) is 23.0 Å². The second-order valence-corrected chi connectivity index (χ2v) is 8.47. The third-order valence-electron chi connectivity index (χ3n) is 4.93. The molecule has 0 aliphatic carbocycles. The Morgan fingerprint density at radius 2 is 1.71 bits per heavy atom. The monoisotopic (exact) mass is 475 g/mol. The van der Waals surface area contributed by atoms with Crippen LogP contribution in [0.15, 0.2) is 82.4 Å². The van der Waals surface area contributed by atoms with Gasteiger partial charge in [-0.15, -0.1) is 10.2 Å². The van der Waals surface area contributed by atoms with Crippen molar-refractivity contribution in [2.24, 2.45) is 0 Å². The number of nitrogens with zero attached hydrogens (tertiary/aromatic N) is 2. The summed E-state index contributed by atoms with van der Waals surface area (Å²) < 4.78 is 23.0. The van der Waals surface area contributed by atoms with Crippen molar-refractivity contribution in [3.05, 3.63) is 84.3 Å². The zero-order valence-corrected chi connectivity index (χ0v) is 19.1. The van der Waals surface area contributed by atoms with Crippen molar-refractivity contribution in [3.63, 3.8) is 0 Å². The number of fused-ring (bicyclic) bond motifs is 1. The Labute approximate surface area is 200 Å². The van der Waals surface area contributed by atoms with Gasteiger partial charge >= 0.3 is 0 Å². The Morgan fingerprint density at radius 1 is 1.00 bits per heavy atom. The highest BCUT2D eigenvalue weighted by atomic mass is 32.2. The maximum absolute atomic E-state index is 12.3. The third kappa shape index (κ3) is 5.32. The molecule has 172 valence electrons. The van der Waals surface area contributed by atoms with E-state index >= 15 is 0 Å². The van der Waals surface area contributed by atoms with E-state index in [1.54, 1.807) is 24.3 Å². The molecule has 8 nitrogen and oxygen atoms in total. The molecule has 34 heavy (non-hydrogen) atoms. The van der Waals surface area contributed by atoms with Gasteiger partial charge in [-0.1, -0.05) is 41.6 Å². The molecule has 0 fully saturated rings. The number of aromatic nitrogens is 2. The van der Waals surface area contributed by atoms with E-state index in [2.05, 4.69) is 15.5 Å². The van der Waals surface area contributed by atoms with Gasteiger partial charge < -0.3 is 23.9 Å². The van der Waals surface area contributed by atoms with Gasteiger partial charge in [-0.05, 0) is 55.5 Å². The average molecular weight is 476 g/mol. The number of nitrogens with one attached hydrogen (secondary N) is 1. The van der Waals surface area contributed by atoms with Gasteiger partial charge in [-0.25, -0.2) is 0 Å². The minimum Gasteiger partial charge on any atom is -0.485 e. The van der Waals surface area contributed by atoms with E-state index in [0.717, 1.165) is 17.5 Å². The number of thioether (sulfide) groups is 1. The standard InChI is InChI=1S/C25H21N3O5S/c1-16-6-10-18(11-7-16)31-19-12-8-17(9-13-19)26-23(29)15-34-25-28-27-24(33-25)22-14-30-20-4-2-3-5-21(20)32-22/h2-13,22H,14-15H2,1H3,(H,26,29)/t22-/m1/s1. The van der Waals surface area contributed by atoms with Gasteiger partial charge in [0.15, 0.2) is 11.5 Å². The van der Waals surface area contributed by atoms with Crippen LogP contribution in [0, 0.1) is 6.92 Å². The maximum Gasteiger partial charge on any atom is 0.277 e. The molecule has 0 saturated heterocycles. The first-order chi connectivity index (χ1) is 16.6. The number of anilines is 1. The Hall–Kier alpha value is -3.98. The fraction of sp³-hybridized carbons (Fsp3) is 0.160. The van der Waals surface area contributed by atoms with Crippen LogP contribution in [-0.2, 0) is 4.79 Å².